The van der Waals surface area contributed by atoms with E-state index in [9.17, 15) is 0 Å². The Kier molecular flexibility index (Phi) is 9.27. The van der Waals surface area contributed by atoms with Gasteiger partial charge >= 0.3 is 0 Å². The van der Waals surface area contributed by atoms with Crippen molar-refractivity contribution in [3.8, 4) is 22.3 Å². The summed E-state index contributed by atoms with van der Waals surface area (Å²) in [7, 11) is 0. The van der Waals surface area contributed by atoms with Crippen LogP contribution in [-0.2, 0) is 32.5 Å². The molecule has 0 aliphatic heterocycles. The molecule has 0 amide bonds. The van der Waals surface area contributed by atoms with Crippen molar-refractivity contribution in [3.63, 3.8) is 0 Å². The second-order valence-corrected chi connectivity index (χ2v) is 26.3. The molecule has 7 aromatic rings. The first-order valence-corrected chi connectivity index (χ1v) is 25.9. The van der Waals surface area contributed by atoms with E-state index in [1.807, 2.05) is 45.3 Å². The Bertz CT molecular complexity index is 2790. The van der Waals surface area contributed by atoms with Gasteiger partial charge in [-0.25, -0.2) is 0 Å². The Hall–Kier alpha value is -2.93. The molecule has 0 fully saturated rings. The van der Waals surface area contributed by atoms with Crippen molar-refractivity contribution < 1.29 is 0 Å². The number of hydrogen-bond acceptors (Lipinski definition) is 5. The monoisotopic (exact) mass is 885 g/mol. The number of fused-ring (bicyclic) bond motifs is 6. The standard InChI is InChI=1S/C54H60ClNS4/c1-49(2)20-23-52(7,8)46-41(49)36(28-57-46)35-26-31(32-17-15-18-34-33-16-13-14-19-40(33)60-45(32)34)27-37(44(35)55)56(38-29-58-47-42(38)50(3,4)21-24-53(47,9)10)39-30-59-48-43(39)51(5,6)22-25-54(48,11)12/h13-19,26-30H,20-25H2,1-12H3. The summed E-state index contributed by atoms with van der Waals surface area (Å²) in [5, 5.41) is 11.0. The topological polar surface area (TPSA) is 3.24 Å². The van der Waals surface area contributed by atoms with Gasteiger partial charge in [0.2, 0.25) is 0 Å². The zero-order chi connectivity index (χ0) is 42.5. The summed E-state index contributed by atoms with van der Waals surface area (Å²) in [6.45, 7) is 29.6. The number of benzene rings is 3. The van der Waals surface area contributed by atoms with Crippen LogP contribution in [0.3, 0.4) is 0 Å². The molecule has 0 saturated heterocycles. The van der Waals surface area contributed by atoms with Crippen molar-refractivity contribution in [1.82, 2.24) is 0 Å². The van der Waals surface area contributed by atoms with Crippen LogP contribution in [0.2, 0.25) is 5.02 Å². The molecule has 3 aliphatic carbocycles. The van der Waals surface area contributed by atoms with Crippen LogP contribution in [0, 0.1) is 0 Å². The number of hydrogen-bond donors (Lipinski definition) is 0. The van der Waals surface area contributed by atoms with E-state index >= 15 is 0 Å². The minimum absolute atomic E-state index is 0.0148. The van der Waals surface area contributed by atoms with Gasteiger partial charge in [-0.1, -0.05) is 131 Å². The third-order valence-corrected chi connectivity index (χ3v) is 20.7. The van der Waals surface area contributed by atoms with E-state index < -0.39 is 0 Å². The predicted octanol–water partition coefficient (Wildman–Crippen LogP) is 18.7. The molecule has 4 aromatic heterocycles. The summed E-state index contributed by atoms with van der Waals surface area (Å²) >= 11 is 16.1. The van der Waals surface area contributed by atoms with Crippen LogP contribution in [0.4, 0.5) is 17.1 Å². The van der Waals surface area contributed by atoms with Crippen LogP contribution in [0.1, 0.15) is 153 Å². The molecule has 60 heavy (non-hydrogen) atoms. The second kappa shape index (κ2) is 13.5. The van der Waals surface area contributed by atoms with E-state index in [1.165, 1.54) is 98.8 Å². The van der Waals surface area contributed by atoms with E-state index in [0.29, 0.717) is 0 Å². The molecule has 3 aromatic carbocycles. The van der Waals surface area contributed by atoms with Gasteiger partial charge in [0.1, 0.15) is 0 Å². The van der Waals surface area contributed by atoms with Gasteiger partial charge in [-0.3, -0.25) is 0 Å². The lowest BCUT2D eigenvalue weighted by Gasteiger charge is -2.43. The first-order valence-electron chi connectivity index (χ1n) is 22.1. The van der Waals surface area contributed by atoms with Crippen LogP contribution < -0.4 is 4.90 Å². The molecule has 1 nitrogen and oxygen atoms in total. The fourth-order valence-corrected chi connectivity index (χ4v) is 16.8. The first-order chi connectivity index (χ1) is 28.1. The van der Waals surface area contributed by atoms with E-state index in [1.54, 1.807) is 0 Å². The van der Waals surface area contributed by atoms with Crippen molar-refractivity contribution in [3.05, 3.63) is 107 Å². The third kappa shape index (κ3) is 6.13. The molecule has 10 rings (SSSR count). The summed E-state index contributed by atoms with van der Waals surface area (Å²) < 4.78 is 2.67. The van der Waals surface area contributed by atoms with E-state index in [2.05, 4.69) is 159 Å². The maximum absolute atomic E-state index is 8.27. The molecule has 312 valence electrons. The summed E-state index contributed by atoms with van der Waals surface area (Å²) in [5.74, 6) is 0. The lowest BCUT2D eigenvalue weighted by atomic mass is 9.65. The highest BCUT2D eigenvalue weighted by Gasteiger charge is 2.46. The molecule has 0 unspecified atom stereocenters. The maximum atomic E-state index is 8.27. The van der Waals surface area contributed by atoms with Crippen LogP contribution >= 0.6 is 56.9 Å². The highest BCUT2D eigenvalue weighted by molar-refractivity contribution is 7.26. The summed E-state index contributed by atoms with van der Waals surface area (Å²) in [6.07, 6.45) is 7.05. The Morgan fingerprint density at radius 2 is 0.950 bits per heavy atom. The molecule has 0 N–H and O–H groups in total. The largest absolute Gasteiger partial charge is 0.307 e. The number of halogens is 1. The van der Waals surface area contributed by atoms with Gasteiger partial charge in [-0.15, -0.1) is 45.3 Å². The highest BCUT2D eigenvalue weighted by Crippen LogP contribution is 2.61. The molecule has 0 spiro atoms. The normalized spacial score (nSPS) is 20.5. The van der Waals surface area contributed by atoms with Crippen molar-refractivity contribution in [2.24, 2.45) is 0 Å². The predicted molar refractivity (Wildman–Crippen MR) is 269 cm³/mol. The minimum atomic E-state index is 0.0148. The number of thiophene rings is 4. The minimum Gasteiger partial charge on any atom is -0.307 e. The highest BCUT2D eigenvalue weighted by atomic mass is 35.5. The molecule has 0 atom stereocenters. The van der Waals surface area contributed by atoms with Gasteiger partial charge < -0.3 is 4.90 Å². The lowest BCUT2D eigenvalue weighted by molar-refractivity contribution is 0.338. The van der Waals surface area contributed by atoms with Crippen LogP contribution in [0.15, 0.2) is 70.7 Å². The molecular formula is C54H60ClNS4. The van der Waals surface area contributed by atoms with E-state index in [4.69, 9.17) is 11.6 Å². The SMILES string of the molecule is CC1(C)CCC(C)(C)c2c(-c3cc(-c4cccc5c4sc4ccccc45)cc(N(c4csc5c4C(C)(C)CCC5(C)C)c4csc5c4C(C)(C)CCC5(C)C)c3Cl)csc21. The van der Waals surface area contributed by atoms with Gasteiger partial charge in [0.25, 0.3) is 0 Å². The number of nitrogens with zero attached hydrogens (tertiary/aromatic N) is 1. The summed E-state index contributed by atoms with van der Waals surface area (Å²) in [6, 6.07) is 20.8. The van der Waals surface area contributed by atoms with Crippen molar-refractivity contribution in [1.29, 1.82) is 0 Å². The summed E-state index contributed by atoms with van der Waals surface area (Å²) in [4.78, 5) is 7.25. The zero-order valence-corrected chi connectivity index (χ0v) is 41.7. The molecule has 4 heterocycles. The van der Waals surface area contributed by atoms with Crippen LogP contribution in [0.5, 0.6) is 0 Å². The van der Waals surface area contributed by atoms with Crippen molar-refractivity contribution >= 4 is 94.2 Å². The lowest BCUT2D eigenvalue weighted by Crippen LogP contribution is -2.35. The fourth-order valence-electron chi connectivity index (χ4n) is 11.1. The Balaban J connectivity index is 1.34. The smallest absolute Gasteiger partial charge is 0.0725 e. The Morgan fingerprint density at radius 3 is 1.53 bits per heavy atom. The molecular weight excluding hydrogens is 826 g/mol. The molecule has 0 bridgehead atoms. The van der Waals surface area contributed by atoms with Crippen molar-refractivity contribution in [2.75, 3.05) is 4.90 Å². The molecule has 6 heteroatoms. The van der Waals surface area contributed by atoms with E-state index in [-0.39, 0.29) is 32.5 Å². The number of anilines is 3. The van der Waals surface area contributed by atoms with Gasteiger partial charge in [-0.05, 0) is 128 Å². The van der Waals surface area contributed by atoms with Crippen LogP contribution in [0.25, 0.3) is 42.4 Å². The van der Waals surface area contributed by atoms with Gasteiger partial charge in [-0.2, -0.15) is 0 Å². The summed E-state index contributed by atoms with van der Waals surface area (Å²) in [5.41, 5.74) is 13.6. The van der Waals surface area contributed by atoms with Gasteiger partial charge in [0, 0.05) is 51.1 Å². The maximum Gasteiger partial charge on any atom is 0.0725 e. The second-order valence-electron chi connectivity index (χ2n) is 22.3. The third-order valence-electron chi connectivity index (χ3n) is 15.1. The van der Waals surface area contributed by atoms with E-state index in [0.717, 1.165) is 35.5 Å². The Labute approximate surface area is 379 Å². The first kappa shape index (κ1) is 41.1. The van der Waals surface area contributed by atoms with Crippen LogP contribution in [-0.4, -0.2) is 0 Å². The van der Waals surface area contributed by atoms with Gasteiger partial charge in [0.15, 0.2) is 0 Å². The molecule has 3 aliphatic rings. The average molecular weight is 887 g/mol. The van der Waals surface area contributed by atoms with Gasteiger partial charge in [0.05, 0.1) is 22.1 Å². The molecule has 0 saturated carbocycles. The zero-order valence-electron chi connectivity index (χ0n) is 37.6. The van der Waals surface area contributed by atoms with Crippen molar-refractivity contribution in [2.45, 2.75) is 154 Å². The average Bonchev–Trinajstić information content (AvgIpc) is 4.00. The fraction of sp³-hybridized carbons (Fsp3) is 0.444. The molecule has 0 radical (unpaired) electrons. The Morgan fingerprint density at radius 1 is 0.467 bits per heavy atom. The number of rotatable bonds is 5. The quantitative estimate of drug-likeness (QED) is 0.166.